The molecule has 1 heterocycles. The second-order valence-electron chi connectivity index (χ2n) is 6.85. The number of carboxylic acid groups (broad SMARTS) is 1. The van der Waals surface area contributed by atoms with Crippen molar-refractivity contribution in [1.82, 2.24) is 10.3 Å². The molecule has 0 aliphatic rings. The number of aromatic nitrogens is 1. The van der Waals surface area contributed by atoms with Crippen LogP contribution in [-0.2, 0) is 11.3 Å². The number of nitrogens with one attached hydrogen (secondary N) is 1. The maximum atomic E-state index is 11.5. The molecule has 0 aliphatic heterocycles. The number of benzene rings is 1. The molecule has 4 nitrogen and oxygen atoms in total. The number of pyridine rings is 1. The molecule has 0 bridgehead atoms. The predicted octanol–water partition coefficient (Wildman–Crippen LogP) is 3.52. The van der Waals surface area contributed by atoms with Crippen LogP contribution in [-0.4, -0.2) is 21.6 Å². The Kier molecular flexibility index (Phi) is 4.25. The number of nitrogens with zero attached hydrogens (tertiary/aromatic N) is 1. The molecule has 0 amide bonds. The van der Waals surface area contributed by atoms with E-state index >= 15 is 0 Å². The largest absolute Gasteiger partial charge is 0.481 e. The van der Waals surface area contributed by atoms with E-state index in [1.54, 1.807) is 20.0 Å². The quantitative estimate of drug-likeness (QED) is 0.887. The first kappa shape index (κ1) is 16.4. The molecular weight excluding hydrogens is 276 g/mol. The van der Waals surface area contributed by atoms with Gasteiger partial charge in [0.1, 0.15) is 0 Å². The number of aliphatic carboxylic acids is 1. The van der Waals surface area contributed by atoms with Crippen LogP contribution >= 0.6 is 0 Å². The first-order valence-electron chi connectivity index (χ1n) is 7.48. The van der Waals surface area contributed by atoms with Crippen molar-refractivity contribution in [2.45, 2.75) is 46.7 Å². The van der Waals surface area contributed by atoms with Gasteiger partial charge in [-0.15, -0.1) is 0 Å². The van der Waals surface area contributed by atoms with Gasteiger partial charge in [0.2, 0.25) is 0 Å². The van der Waals surface area contributed by atoms with Crippen LogP contribution in [0.25, 0.3) is 10.9 Å². The first-order chi connectivity index (χ1) is 10.2. The third-order valence-corrected chi connectivity index (χ3v) is 4.89. The summed E-state index contributed by atoms with van der Waals surface area (Å²) in [7, 11) is 0. The lowest BCUT2D eigenvalue weighted by atomic mass is 9.74. The van der Waals surface area contributed by atoms with Crippen molar-refractivity contribution in [2.75, 3.05) is 0 Å². The van der Waals surface area contributed by atoms with E-state index in [2.05, 4.69) is 35.4 Å². The van der Waals surface area contributed by atoms with Crippen LogP contribution in [0.15, 0.2) is 30.5 Å². The Morgan fingerprint density at radius 1 is 1.23 bits per heavy atom. The van der Waals surface area contributed by atoms with Gasteiger partial charge in [0.25, 0.3) is 0 Å². The molecule has 1 aromatic carbocycles. The van der Waals surface area contributed by atoms with Gasteiger partial charge in [0.05, 0.1) is 10.9 Å². The highest BCUT2D eigenvalue weighted by Gasteiger charge is 2.43. The summed E-state index contributed by atoms with van der Waals surface area (Å²) in [6, 6.07) is 8.13. The maximum absolute atomic E-state index is 11.5. The van der Waals surface area contributed by atoms with Crippen LogP contribution in [0.1, 0.15) is 38.8 Å². The fraction of sp³-hybridized carbons (Fsp3) is 0.444. The van der Waals surface area contributed by atoms with Crippen molar-refractivity contribution < 1.29 is 9.90 Å². The highest BCUT2D eigenvalue weighted by molar-refractivity contribution is 5.84. The topological polar surface area (TPSA) is 62.2 Å². The van der Waals surface area contributed by atoms with E-state index < -0.39 is 16.9 Å². The van der Waals surface area contributed by atoms with E-state index in [9.17, 15) is 9.90 Å². The molecule has 1 aromatic heterocycles. The number of aryl methyl sites for hydroxylation is 1. The van der Waals surface area contributed by atoms with Gasteiger partial charge in [0, 0.05) is 23.7 Å². The zero-order valence-electron chi connectivity index (χ0n) is 13.9. The number of carbonyl (C=O) groups is 1. The molecule has 4 heteroatoms. The van der Waals surface area contributed by atoms with Crippen LogP contribution in [0, 0.1) is 12.3 Å². The number of fused-ring (bicyclic) bond motifs is 1. The Balaban J connectivity index is 2.30. The van der Waals surface area contributed by atoms with E-state index in [0.717, 1.165) is 16.5 Å². The Morgan fingerprint density at radius 3 is 2.55 bits per heavy atom. The minimum Gasteiger partial charge on any atom is -0.481 e. The summed E-state index contributed by atoms with van der Waals surface area (Å²) >= 11 is 0. The minimum atomic E-state index is -0.874. The van der Waals surface area contributed by atoms with Crippen molar-refractivity contribution in [2.24, 2.45) is 5.41 Å². The standard InChI is InChI=1S/C18H24N2O2/c1-12-8-9-13(15-14(12)7-6-10-19-15)11-20-18(4,5)17(2,3)16(21)22/h6-10,20H,11H2,1-5H3,(H,21,22). The summed E-state index contributed by atoms with van der Waals surface area (Å²) < 4.78 is 0. The van der Waals surface area contributed by atoms with Gasteiger partial charge in [-0.05, 0) is 51.8 Å². The molecular formula is C18H24N2O2. The van der Waals surface area contributed by atoms with Crippen molar-refractivity contribution in [1.29, 1.82) is 0 Å². The SMILES string of the molecule is Cc1ccc(CNC(C)(C)C(C)(C)C(=O)O)c2ncccc12. The molecule has 2 aromatic rings. The van der Waals surface area contributed by atoms with Crippen LogP contribution in [0.3, 0.4) is 0 Å². The van der Waals surface area contributed by atoms with Gasteiger partial charge in [-0.2, -0.15) is 0 Å². The van der Waals surface area contributed by atoms with E-state index in [0.29, 0.717) is 6.54 Å². The van der Waals surface area contributed by atoms with Crippen LogP contribution < -0.4 is 5.32 Å². The molecule has 0 spiro atoms. The summed E-state index contributed by atoms with van der Waals surface area (Å²) in [5, 5.41) is 14.0. The lowest BCUT2D eigenvalue weighted by Gasteiger charge is -2.39. The summed E-state index contributed by atoms with van der Waals surface area (Å²) in [5.74, 6) is -0.808. The fourth-order valence-electron chi connectivity index (χ4n) is 2.32. The first-order valence-corrected chi connectivity index (χ1v) is 7.48. The summed E-state index contributed by atoms with van der Waals surface area (Å²) in [4.78, 5) is 16.0. The van der Waals surface area contributed by atoms with E-state index in [1.807, 2.05) is 19.9 Å². The van der Waals surface area contributed by atoms with Crippen molar-refractivity contribution in [3.05, 3.63) is 41.6 Å². The summed E-state index contributed by atoms with van der Waals surface area (Å²) in [5.41, 5.74) is 1.82. The summed E-state index contributed by atoms with van der Waals surface area (Å²) in [6.07, 6.45) is 1.79. The Bertz CT molecular complexity index is 705. The molecule has 0 atom stereocenters. The predicted molar refractivity (Wildman–Crippen MR) is 88.8 cm³/mol. The number of rotatable bonds is 5. The molecule has 2 N–H and O–H groups in total. The Hall–Kier alpha value is -1.94. The van der Waals surface area contributed by atoms with Crippen molar-refractivity contribution in [3.8, 4) is 0 Å². The number of hydrogen-bond donors (Lipinski definition) is 2. The van der Waals surface area contributed by atoms with Gasteiger partial charge in [-0.25, -0.2) is 0 Å². The maximum Gasteiger partial charge on any atom is 0.310 e. The van der Waals surface area contributed by atoms with E-state index in [4.69, 9.17) is 0 Å². The fourth-order valence-corrected chi connectivity index (χ4v) is 2.32. The normalized spacial score (nSPS) is 12.6. The molecule has 0 radical (unpaired) electrons. The lowest BCUT2D eigenvalue weighted by molar-refractivity contribution is -0.151. The second-order valence-corrected chi connectivity index (χ2v) is 6.85. The average Bonchev–Trinajstić information content (AvgIpc) is 2.46. The van der Waals surface area contributed by atoms with Gasteiger partial charge >= 0.3 is 5.97 Å². The third-order valence-electron chi connectivity index (χ3n) is 4.89. The Labute approximate surface area is 131 Å². The Morgan fingerprint density at radius 2 is 1.91 bits per heavy atom. The third kappa shape index (κ3) is 2.83. The average molecular weight is 300 g/mol. The van der Waals surface area contributed by atoms with E-state index in [-0.39, 0.29) is 0 Å². The zero-order chi connectivity index (χ0) is 16.5. The van der Waals surface area contributed by atoms with Gasteiger partial charge in [-0.3, -0.25) is 9.78 Å². The lowest BCUT2D eigenvalue weighted by Crippen LogP contribution is -2.54. The zero-order valence-corrected chi connectivity index (χ0v) is 13.9. The monoisotopic (exact) mass is 300 g/mol. The number of carboxylic acids is 1. The van der Waals surface area contributed by atoms with E-state index in [1.165, 1.54) is 5.56 Å². The molecule has 0 aliphatic carbocycles. The number of hydrogen-bond acceptors (Lipinski definition) is 3. The summed E-state index contributed by atoms with van der Waals surface area (Å²) in [6.45, 7) is 9.98. The van der Waals surface area contributed by atoms with Gasteiger partial charge in [0.15, 0.2) is 0 Å². The molecule has 2 rings (SSSR count). The van der Waals surface area contributed by atoms with Crippen molar-refractivity contribution >= 4 is 16.9 Å². The molecule has 0 saturated carbocycles. The van der Waals surface area contributed by atoms with Crippen molar-refractivity contribution in [3.63, 3.8) is 0 Å². The molecule has 0 unspecified atom stereocenters. The van der Waals surface area contributed by atoms with Crippen LogP contribution in [0.5, 0.6) is 0 Å². The van der Waals surface area contributed by atoms with Crippen LogP contribution in [0.2, 0.25) is 0 Å². The highest BCUT2D eigenvalue weighted by Crippen LogP contribution is 2.31. The molecule has 22 heavy (non-hydrogen) atoms. The van der Waals surface area contributed by atoms with Crippen LogP contribution in [0.4, 0.5) is 0 Å². The second kappa shape index (κ2) is 5.69. The highest BCUT2D eigenvalue weighted by atomic mass is 16.4. The molecule has 118 valence electrons. The molecule has 0 fully saturated rings. The van der Waals surface area contributed by atoms with Gasteiger partial charge < -0.3 is 10.4 Å². The molecule has 0 saturated heterocycles. The smallest absolute Gasteiger partial charge is 0.310 e. The minimum absolute atomic E-state index is 0.551. The van der Waals surface area contributed by atoms with Gasteiger partial charge in [-0.1, -0.05) is 18.2 Å².